The predicted molar refractivity (Wildman–Crippen MR) is 116 cm³/mol. The number of para-hydroxylation sites is 1. The monoisotopic (exact) mass is 466 g/mol. The molecule has 0 unspecified atom stereocenters. The van der Waals surface area contributed by atoms with Gasteiger partial charge in [0.15, 0.2) is 0 Å². The highest BCUT2D eigenvalue weighted by Gasteiger charge is 2.17. The summed E-state index contributed by atoms with van der Waals surface area (Å²) in [6.07, 6.45) is 0.515. The van der Waals surface area contributed by atoms with E-state index in [0.717, 1.165) is 11.6 Å². The summed E-state index contributed by atoms with van der Waals surface area (Å²) in [6.45, 7) is 0.342. The zero-order valence-electron chi connectivity index (χ0n) is 15.5. The molecule has 3 aromatic carbocycles. The minimum atomic E-state index is -3.99. The molecule has 5 nitrogen and oxygen atoms in total. The number of amides is 1. The van der Waals surface area contributed by atoms with Gasteiger partial charge in [0.2, 0.25) is 0 Å². The van der Waals surface area contributed by atoms with Crippen molar-refractivity contribution in [1.82, 2.24) is 5.32 Å². The van der Waals surface area contributed by atoms with E-state index in [1.165, 1.54) is 42.5 Å². The standard InChI is InChI=1S/C21H17Cl2FN2O3S/c22-16-8-5-14(18(23)13-16)11-12-25-21(27)15-6-9-17(10-7-15)30(28,29)26-20-4-2-1-3-19(20)24/h1-10,13,26H,11-12H2,(H,25,27). The number of hydrogen-bond donors (Lipinski definition) is 2. The van der Waals surface area contributed by atoms with Crippen molar-refractivity contribution in [3.8, 4) is 0 Å². The SMILES string of the molecule is O=C(NCCc1ccc(Cl)cc1Cl)c1ccc(S(=O)(=O)Nc2ccccc2F)cc1. The van der Waals surface area contributed by atoms with Crippen LogP contribution < -0.4 is 10.0 Å². The van der Waals surface area contributed by atoms with Crippen molar-refractivity contribution in [3.05, 3.63) is 93.7 Å². The number of sulfonamides is 1. The predicted octanol–water partition coefficient (Wildman–Crippen LogP) is 4.91. The summed E-state index contributed by atoms with van der Waals surface area (Å²) < 4.78 is 40.7. The van der Waals surface area contributed by atoms with Gasteiger partial charge in [-0.2, -0.15) is 0 Å². The Balaban J connectivity index is 1.61. The van der Waals surface area contributed by atoms with E-state index in [0.29, 0.717) is 28.6 Å². The Morgan fingerprint density at radius 1 is 0.967 bits per heavy atom. The molecule has 156 valence electrons. The first-order valence-corrected chi connectivity index (χ1v) is 11.1. The second-order valence-corrected chi connectivity index (χ2v) is 8.88. The summed E-state index contributed by atoms with van der Waals surface area (Å²) in [5, 5.41) is 3.81. The van der Waals surface area contributed by atoms with Gasteiger partial charge in [0.05, 0.1) is 10.6 Å². The summed E-state index contributed by atoms with van der Waals surface area (Å²) in [5.41, 5.74) is 0.990. The molecule has 0 radical (unpaired) electrons. The van der Waals surface area contributed by atoms with Gasteiger partial charge in [-0.1, -0.05) is 41.4 Å². The van der Waals surface area contributed by atoms with Crippen LogP contribution in [-0.4, -0.2) is 20.9 Å². The van der Waals surface area contributed by atoms with E-state index in [9.17, 15) is 17.6 Å². The third kappa shape index (κ3) is 5.50. The number of benzene rings is 3. The van der Waals surface area contributed by atoms with Crippen LogP contribution in [-0.2, 0) is 16.4 Å². The molecule has 0 saturated heterocycles. The summed E-state index contributed by atoms with van der Waals surface area (Å²) in [6, 6.07) is 16.0. The lowest BCUT2D eigenvalue weighted by Crippen LogP contribution is -2.25. The van der Waals surface area contributed by atoms with E-state index in [1.54, 1.807) is 18.2 Å². The highest BCUT2D eigenvalue weighted by Crippen LogP contribution is 2.21. The third-order valence-corrected chi connectivity index (χ3v) is 6.21. The Morgan fingerprint density at radius 3 is 2.33 bits per heavy atom. The highest BCUT2D eigenvalue weighted by atomic mass is 35.5. The fourth-order valence-corrected chi connectivity index (χ4v) is 4.24. The van der Waals surface area contributed by atoms with E-state index in [2.05, 4.69) is 10.0 Å². The van der Waals surface area contributed by atoms with Gasteiger partial charge in [-0.15, -0.1) is 0 Å². The highest BCUT2D eigenvalue weighted by molar-refractivity contribution is 7.92. The fourth-order valence-electron chi connectivity index (χ4n) is 2.67. The lowest BCUT2D eigenvalue weighted by atomic mass is 10.1. The van der Waals surface area contributed by atoms with Crippen LogP contribution in [0.25, 0.3) is 0 Å². The Morgan fingerprint density at radius 2 is 1.67 bits per heavy atom. The molecule has 2 N–H and O–H groups in total. The molecule has 3 aromatic rings. The van der Waals surface area contributed by atoms with Crippen LogP contribution in [0.3, 0.4) is 0 Å². The van der Waals surface area contributed by atoms with Crippen LogP contribution >= 0.6 is 23.2 Å². The van der Waals surface area contributed by atoms with Crippen molar-refractivity contribution in [2.75, 3.05) is 11.3 Å². The summed E-state index contributed by atoms with van der Waals surface area (Å²) in [4.78, 5) is 12.2. The number of nitrogens with one attached hydrogen (secondary N) is 2. The molecule has 0 bridgehead atoms. The normalized spacial score (nSPS) is 11.2. The van der Waals surface area contributed by atoms with Gasteiger partial charge in [-0.25, -0.2) is 12.8 Å². The molecule has 30 heavy (non-hydrogen) atoms. The molecule has 0 aliphatic heterocycles. The second kappa shape index (κ2) is 9.47. The minimum Gasteiger partial charge on any atom is -0.352 e. The van der Waals surface area contributed by atoms with Crippen LogP contribution in [0.4, 0.5) is 10.1 Å². The number of halogens is 3. The van der Waals surface area contributed by atoms with E-state index >= 15 is 0 Å². The van der Waals surface area contributed by atoms with Gasteiger partial charge < -0.3 is 5.32 Å². The average Bonchev–Trinajstić information content (AvgIpc) is 2.71. The number of rotatable bonds is 7. The lowest BCUT2D eigenvalue weighted by Gasteiger charge is -2.10. The lowest BCUT2D eigenvalue weighted by molar-refractivity contribution is 0.0954. The van der Waals surface area contributed by atoms with Crippen molar-refractivity contribution in [3.63, 3.8) is 0 Å². The third-order valence-electron chi connectivity index (χ3n) is 4.24. The van der Waals surface area contributed by atoms with E-state index < -0.39 is 15.8 Å². The van der Waals surface area contributed by atoms with Crippen molar-refractivity contribution < 1.29 is 17.6 Å². The number of carbonyl (C=O) groups is 1. The topological polar surface area (TPSA) is 75.3 Å². The van der Waals surface area contributed by atoms with Crippen molar-refractivity contribution in [2.45, 2.75) is 11.3 Å². The first kappa shape index (κ1) is 22.1. The van der Waals surface area contributed by atoms with Gasteiger partial charge in [0.25, 0.3) is 15.9 Å². The molecule has 1 amide bonds. The van der Waals surface area contributed by atoms with Gasteiger partial charge >= 0.3 is 0 Å². The zero-order chi connectivity index (χ0) is 21.7. The Kier molecular flexibility index (Phi) is 6.97. The number of anilines is 1. The number of carbonyl (C=O) groups excluding carboxylic acids is 1. The molecule has 3 rings (SSSR count). The van der Waals surface area contributed by atoms with E-state index in [1.807, 2.05) is 0 Å². The molecular weight excluding hydrogens is 450 g/mol. The maximum Gasteiger partial charge on any atom is 0.261 e. The molecule has 0 aromatic heterocycles. The molecule has 0 fully saturated rings. The van der Waals surface area contributed by atoms with Crippen LogP contribution in [0.15, 0.2) is 71.6 Å². The van der Waals surface area contributed by atoms with Gasteiger partial charge in [0.1, 0.15) is 5.82 Å². The van der Waals surface area contributed by atoms with Crippen LogP contribution in [0.2, 0.25) is 10.0 Å². The molecule has 0 saturated carbocycles. The van der Waals surface area contributed by atoms with Crippen LogP contribution in [0.1, 0.15) is 15.9 Å². The summed E-state index contributed by atoms with van der Waals surface area (Å²) in [5.74, 6) is -1.04. The van der Waals surface area contributed by atoms with Crippen LogP contribution in [0.5, 0.6) is 0 Å². The zero-order valence-corrected chi connectivity index (χ0v) is 17.9. The Bertz CT molecular complexity index is 1170. The number of hydrogen-bond acceptors (Lipinski definition) is 3. The maximum absolute atomic E-state index is 13.7. The molecule has 0 atom stereocenters. The maximum atomic E-state index is 13.7. The smallest absolute Gasteiger partial charge is 0.261 e. The molecule has 9 heteroatoms. The first-order chi connectivity index (χ1) is 14.3. The molecule has 0 aliphatic rings. The minimum absolute atomic E-state index is 0.0877. The van der Waals surface area contributed by atoms with Gasteiger partial charge in [0, 0.05) is 22.2 Å². The van der Waals surface area contributed by atoms with E-state index in [4.69, 9.17) is 23.2 Å². The van der Waals surface area contributed by atoms with Crippen molar-refractivity contribution in [1.29, 1.82) is 0 Å². The summed E-state index contributed by atoms with van der Waals surface area (Å²) >= 11 is 12.0. The molecule has 0 heterocycles. The largest absolute Gasteiger partial charge is 0.352 e. The quantitative estimate of drug-likeness (QED) is 0.519. The average molecular weight is 467 g/mol. The van der Waals surface area contributed by atoms with Crippen molar-refractivity contribution >= 4 is 44.8 Å². The molecule has 0 spiro atoms. The van der Waals surface area contributed by atoms with Crippen LogP contribution in [0, 0.1) is 5.82 Å². The molecule has 0 aliphatic carbocycles. The van der Waals surface area contributed by atoms with E-state index in [-0.39, 0.29) is 16.5 Å². The fraction of sp³-hybridized carbons (Fsp3) is 0.0952. The first-order valence-electron chi connectivity index (χ1n) is 8.86. The van der Waals surface area contributed by atoms with Gasteiger partial charge in [-0.3, -0.25) is 9.52 Å². The van der Waals surface area contributed by atoms with Crippen molar-refractivity contribution in [2.24, 2.45) is 0 Å². The molecular formula is C21H17Cl2FN2O3S. The summed E-state index contributed by atoms with van der Waals surface area (Å²) in [7, 11) is -3.99. The Hall–Kier alpha value is -2.61. The Labute approximate surface area is 183 Å². The van der Waals surface area contributed by atoms with Gasteiger partial charge in [-0.05, 0) is 60.5 Å². The second-order valence-electron chi connectivity index (χ2n) is 6.35.